The molecule has 2 unspecified atom stereocenters. The summed E-state index contributed by atoms with van der Waals surface area (Å²) in [5.74, 6) is -2.83. The Morgan fingerprint density at radius 2 is 1.80 bits per heavy atom. The number of benzene rings is 1. The van der Waals surface area contributed by atoms with Crippen molar-refractivity contribution in [1.82, 2.24) is 0 Å². The third-order valence-corrected chi connectivity index (χ3v) is 4.70. The van der Waals surface area contributed by atoms with E-state index in [9.17, 15) is 14.7 Å². The molecule has 6 N–H and O–H groups in total. The van der Waals surface area contributed by atoms with Gasteiger partial charge in [-0.3, -0.25) is 4.79 Å². The molecule has 1 aromatic carbocycles. The quantitative estimate of drug-likeness (QED) is 0.137. The number of nitrogens with zero attached hydrogens (tertiary/aromatic N) is 1. The van der Waals surface area contributed by atoms with Crippen LogP contribution in [0.3, 0.4) is 0 Å². The fourth-order valence-corrected chi connectivity index (χ4v) is 3.12. The van der Waals surface area contributed by atoms with Gasteiger partial charge in [-0.15, -0.1) is 6.58 Å². The second kappa shape index (κ2) is 11.1. The van der Waals surface area contributed by atoms with E-state index in [0.29, 0.717) is 36.0 Å². The van der Waals surface area contributed by atoms with Gasteiger partial charge in [-0.1, -0.05) is 18.2 Å². The molecule has 0 saturated heterocycles. The zero-order valence-corrected chi connectivity index (χ0v) is 18.2. The zero-order chi connectivity index (χ0) is 22.9. The first kappa shape index (κ1) is 25.6. The Kier molecular flexibility index (Phi) is 9.48. The van der Waals surface area contributed by atoms with Gasteiger partial charge in [0.15, 0.2) is 6.10 Å². The minimum atomic E-state index is -1.30. The number of carbonyl (C=O) groups excluding carboxylic acids is 2. The second-order valence-electron chi connectivity index (χ2n) is 8.64. The average molecular weight is 420 g/mol. The Hall–Kier alpha value is -2.42. The van der Waals surface area contributed by atoms with Gasteiger partial charge in [-0.2, -0.15) is 0 Å². The van der Waals surface area contributed by atoms with Crippen LogP contribution in [0.1, 0.15) is 31.2 Å². The fourth-order valence-electron chi connectivity index (χ4n) is 3.12. The van der Waals surface area contributed by atoms with Crippen LogP contribution in [-0.2, 0) is 20.0 Å². The van der Waals surface area contributed by atoms with Gasteiger partial charge in [-0.25, -0.2) is 0 Å². The molecule has 0 spiro atoms. The number of anilines is 1. The largest absolute Gasteiger partial charge is 0.550 e. The third-order valence-electron chi connectivity index (χ3n) is 4.70. The van der Waals surface area contributed by atoms with Crippen LogP contribution in [0, 0.1) is 12.3 Å². The van der Waals surface area contributed by atoms with Crippen molar-refractivity contribution in [3.05, 3.63) is 48.9 Å². The van der Waals surface area contributed by atoms with E-state index in [0.717, 1.165) is 5.56 Å². The number of nitrogen functional groups attached to an aromatic ring is 1. The molecule has 1 aromatic rings. The SMILES string of the molecule is C=C[CH]C(C(=O)[O-])C(C[N+](C)(C)C)OC(=O)CCCCC(N)(N)c1ccc(N)cc1. The number of nitrogens with two attached hydrogens (primary N) is 3. The van der Waals surface area contributed by atoms with Gasteiger partial charge in [0.05, 0.1) is 26.8 Å². The van der Waals surface area contributed by atoms with Crippen LogP contribution >= 0.6 is 0 Å². The molecular formula is C22H35N4O4. The van der Waals surface area contributed by atoms with Gasteiger partial charge in [0.2, 0.25) is 0 Å². The monoisotopic (exact) mass is 419 g/mol. The molecule has 30 heavy (non-hydrogen) atoms. The van der Waals surface area contributed by atoms with E-state index in [1.165, 1.54) is 12.5 Å². The normalized spacial score (nSPS) is 14.0. The van der Waals surface area contributed by atoms with Crippen LogP contribution in [0.4, 0.5) is 5.69 Å². The number of esters is 1. The number of hydrogen-bond acceptors (Lipinski definition) is 7. The Labute approximate surface area is 179 Å². The maximum absolute atomic E-state index is 12.3. The molecule has 0 fully saturated rings. The predicted octanol–water partition coefficient (Wildman–Crippen LogP) is 0.274. The predicted molar refractivity (Wildman–Crippen MR) is 115 cm³/mol. The number of quaternary nitrogens is 1. The molecule has 8 nitrogen and oxygen atoms in total. The number of ether oxygens (including phenoxy) is 1. The minimum absolute atomic E-state index is 0.138. The highest BCUT2D eigenvalue weighted by molar-refractivity contribution is 5.73. The standard InChI is InChI=1S/C22H35N4O4/c1-5-8-18(21(28)29)19(15-26(2,3)4)30-20(27)9-6-7-14-22(24,25)16-10-12-17(23)13-11-16/h5,8,10-13,18-19H,1,6-7,9,14-15,23-25H2,2-4H3. The van der Waals surface area contributed by atoms with E-state index in [4.69, 9.17) is 21.9 Å². The summed E-state index contributed by atoms with van der Waals surface area (Å²) in [6.45, 7) is 3.85. The van der Waals surface area contributed by atoms with E-state index in [1.807, 2.05) is 21.1 Å². The van der Waals surface area contributed by atoms with Crippen LogP contribution in [-0.4, -0.2) is 50.2 Å². The van der Waals surface area contributed by atoms with E-state index < -0.39 is 29.6 Å². The maximum atomic E-state index is 12.3. The molecule has 0 amide bonds. The minimum Gasteiger partial charge on any atom is -0.550 e. The molecule has 8 heteroatoms. The lowest BCUT2D eigenvalue weighted by molar-refractivity contribution is -0.873. The van der Waals surface area contributed by atoms with Gasteiger partial charge < -0.3 is 36.3 Å². The summed E-state index contributed by atoms with van der Waals surface area (Å²) in [6.07, 6.45) is 3.64. The van der Waals surface area contributed by atoms with Crippen molar-refractivity contribution in [2.75, 3.05) is 33.4 Å². The molecule has 0 heterocycles. The van der Waals surface area contributed by atoms with Crippen molar-refractivity contribution < 1.29 is 23.9 Å². The number of likely N-dealkylation sites (N-methyl/N-ethyl adjacent to an activating group) is 1. The van der Waals surface area contributed by atoms with E-state index in [2.05, 4.69) is 6.58 Å². The number of carbonyl (C=O) groups is 2. The average Bonchev–Trinajstić information content (AvgIpc) is 2.61. The summed E-state index contributed by atoms with van der Waals surface area (Å²) in [5, 5.41) is 11.5. The van der Waals surface area contributed by atoms with Crippen LogP contribution in [0.15, 0.2) is 36.9 Å². The van der Waals surface area contributed by atoms with Crippen LogP contribution < -0.4 is 22.3 Å². The highest BCUT2D eigenvalue weighted by atomic mass is 16.5. The summed E-state index contributed by atoms with van der Waals surface area (Å²) in [6, 6.07) is 7.05. The summed E-state index contributed by atoms with van der Waals surface area (Å²) >= 11 is 0. The number of aliphatic carboxylic acids is 1. The highest BCUT2D eigenvalue weighted by Gasteiger charge is 2.31. The van der Waals surface area contributed by atoms with Crippen LogP contribution in [0.2, 0.25) is 0 Å². The Balaban J connectivity index is 2.61. The molecule has 0 aliphatic carbocycles. The zero-order valence-electron chi connectivity index (χ0n) is 18.2. The lowest BCUT2D eigenvalue weighted by atomic mass is 9.94. The molecular weight excluding hydrogens is 384 g/mol. The Bertz CT molecular complexity index is 711. The molecule has 0 saturated carbocycles. The topological polar surface area (TPSA) is 144 Å². The first-order valence-electron chi connectivity index (χ1n) is 9.96. The van der Waals surface area contributed by atoms with Gasteiger partial charge >= 0.3 is 5.97 Å². The fraction of sp³-hybridized carbons (Fsp3) is 0.500. The number of carboxylic acid groups (broad SMARTS) is 1. The molecule has 167 valence electrons. The summed E-state index contributed by atoms with van der Waals surface area (Å²) in [7, 11) is 5.67. The molecule has 0 bridgehead atoms. The van der Waals surface area contributed by atoms with Crippen molar-refractivity contribution in [2.24, 2.45) is 17.4 Å². The summed E-state index contributed by atoms with van der Waals surface area (Å²) in [5.41, 5.74) is 18.4. The number of unbranched alkanes of at least 4 members (excludes halogenated alkanes) is 1. The van der Waals surface area contributed by atoms with Crippen molar-refractivity contribution in [1.29, 1.82) is 0 Å². The number of rotatable bonds is 13. The Morgan fingerprint density at radius 3 is 2.30 bits per heavy atom. The van der Waals surface area contributed by atoms with Gasteiger partial charge in [0, 0.05) is 24.0 Å². The molecule has 1 rings (SSSR count). The summed E-state index contributed by atoms with van der Waals surface area (Å²) in [4.78, 5) is 23.8. The van der Waals surface area contributed by atoms with Crippen molar-refractivity contribution in [2.45, 2.75) is 37.5 Å². The highest BCUT2D eigenvalue weighted by Crippen LogP contribution is 2.21. The van der Waals surface area contributed by atoms with E-state index in [1.54, 1.807) is 24.3 Å². The third kappa shape index (κ3) is 8.94. The number of hydrogen-bond donors (Lipinski definition) is 3. The van der Waals surface area contributed by atoms with Crippen molar-refractivity contribution in [3.63, 3.8) is 0 Å². The lowest BCUT2D eigenvalue weighted by Gasteiger charge is -2.33. The molecule has 0 aromatic heterocycles. The van der Waals surface area contributed by atoms with Crippen molar-refractivity contribution >= 4 is 17.6 Å². The van der Waals surface area contributed by atoms with Gasteiger partial charge in [-0.05, 0) is 43.4 Å². The second-order valence-corrected chi connectivity index (χ2v) is 8.64. The van der Waals surface area contributed by atoms with Crippen LogP contribution in [0.5, 0.6) is 0 Å². The van der Waals surface area contributed by atoms with Crippen LogP contribution in [0.25, 0.3) is 0 Å². The van der Waals surface area contributed by atoms with Gasteiger partial charge in [0.1, 0.15) is 6.54 Å². The number of carboxylic acids is 1. The van der Waals surface area contributed by atoms with Gasteiger partial charge in [0.25, 0.3) is 0 Å². The molecule has 0 aliphatic rings. The molecule has 0 aliphatic heterocycles. The molecule has 1 radical (unpaired) electrons. The first-order chi connectivity index (χ1) is 13.9. The first-order valence-corrected chi connectivity index (χ1v) is 9.96. The smallest absolute Gasteiger partial charge is 0.306 e. The summed E-state index contributed by atoms with van der Waals surface area (Å²) < 4.78 is 5.93. The lowest BCUT2D eigenvalue weighted by Crippen LogP contribution is -2.50. The maximum Gasteiger partial charge on any atom is 0.306 e. The molecule has 2 atom stereocenters. The van der Waals surface area contributed by atoms with E-state index in [-0.39, 0.29) is 6.42 Å². The van der Waals surface area contributed by atoms with Crippen molar-refractivity contribution in [3.8, 4) is 0 Å². The number of allylic oxidation sites excluding steroid dienone is 1. The Morgan fingerprint density at radius 1 is 1.20 bits per heavy atom. The van der Waals surface area contributed by atoms with E-state index >= 15 is 0 Å².